The van der Waals surface area contributed by atoms with Crippen molar-refractivity contribution in [2.45, 2.75) is 18.2 Å². The number of H-pyrrole nitrogens is 1. The van der Waals surface area contributed by atoms with Crippen LogP contribution in [-0.4, -0.2) is 35.6 Å². The van der Waals surface area contributed by atoms with Gasteiger partial charge in [-0.1, -0.05) is 22.9 Å². The van der Waals surface area contributed by atoms with Crippen LogP contribution in [0.2, 0.25) is 5.02 Å². The van der Waals surface area contributed by atoms with E-state index in [0.29, 0.717) is 22.8 Å². The zero-order valence-electron chi connectivity index (χ0n) is 10.1. The van der Waals surface area contributed by atoms with E-state index in [1.165, 1.54) is 6.07 Å². The standard InChI is InChI=1S/C10H12ClN5O2S/c1-7-8(11)3-2-4-9(7)19(17,18)12-6-5-10-13-15-16-14-10/h2-4,12H,5-6H2,1H3,(H,13,14,15,16). The number of sulfonamides is 1. The van der Waals surface area contributed by atoms with E-state index >= 15 is 0 Å². The molecule has 0 saturated carbocycles. The zero-order valence-corrected chi connectivity index (χ0v) is 11.7. The first kappa shape index (κ1) is 13.9. The van der Waals surface area contributed by atoms with Gasteiger partial charge in [-0.3, -0.25) is 0 Å². The average molecular weight is 302 g/mol. The largest absolute Gasteiger partial charge is 0.240 e. The van der Waals surface area contributed by atoms with Gasteiger partial charge in [0.25, 0.3) is 0 Å². The highest BCUT2D eigenvalue weighted by Crippen LogP contribution is 2.22. The van der Waals surface area contributed by atoms with Gasteiger partial charge in [-0.05, 0) is 24.6 Å². The van der Waals surface area contributed by atoms with Crippen LogP contribution in [0.1, 0.15) is 11.4 Å². The molecule has 7 nitrogen and oxygen atoms in total. The molecule has 102 valence electrons. The van der Waals surface area contributed by atoms with Crippen LogP contribution >= 0.6 is 11.6 Å². The minimum Gasteiger partial charge on any atom is -0.211 e. The monoisotopic (exact) mass is 301 g/mol. The molecule has 1 aromatic heterocycles. The van der Waals surface area contributed by atoms with E-state index in [1.807, 2.05) is 0 Å². The van der Waals surface area contributed by atoms with Gasteiger partial charge in [0, 0.05) is 18.0 Å². The maximum atomic E-state index is 12.1. The maximum Gasteiger partial charge on any atom is 0.240 e. The Morgan fingerprint density at radius 2 is 2.21 bits per heavy atom. The molecule has 0 aliphatic rings. The highest BCUT2D eigenvalue weighted by molar-refractivity contribution is 7.89. The first-order valence-corrected chi connectivity index (χ1v) is 7.34. The summed E-state index contributed by atoms with van der Waals surface area (Å²) in [7, 11) is -3.59. The molecule has 9 heteroatoms. The van der Waals surface area contributed by atoms with Crippen molar-refractivity contribution in [3.8, 4) is 0 Å². The van der Waals surface area contributed by atoms with Gasteiger partial charge in [0.2, 0.25) is 10.0 Å². The summed E-state index contributed by atoms with van der Waals surface area (Å²) in [5.41, 5.74) is 0.524. The first-order valence-electron chi connectivity index (χ1n) is 5.48. The SMILES string of the molecule is Cc1c(Cl)cccc1S(=O)(=O)NCCc1nn[nH]n1. The maximum absolute atomic E-state index is 12.1. The number of nitrogens with zero attached hydrogens (tertiary/aromatic N) is 3. The number of rotatable bonds is 5. The lowest BCUT2D eigenvalue weighted by Gasteiger charge is -2.09. The average Bonchev–Trinajstić information content (AvgIpc) is 2.85. The van der Waals surface area contributed by atoms with Crippen molar-refractivity contribution >= 4 is 21.6 Å². The van der Waals surface area contributed by atoms with Crippen LogP contribution in [0.15, 0.2) is 23.1 Å². The summed E-state index contributed by atoms with van der Waals surface area (Å²) in [6, 6.07) is 4.76. The highest BCUT2D eigenvalue weighted by Gasteiger charge is 2.17. The minimum atomic E-state index is -3.59. The lowest BCUT2D eigenvalue weighted by Crippen LogP contribution is -2.27. The molecule has 0 radical (unpaired) electrons. The Labute approximate surface area is 115 Å². The van der Waals surface area contributed by atoms with Gasteiger partial charge in [-0.25, -0.2) is 13.1 Å². The molecule has 0 saturated heterocycles. The van der Waals surface area contributed by atoms with Crippen molar-refractivity contribution in [3.63, 3.8) is 0 Å². The second-order valence-electron chi connectivity index (χ2n) is 3.84. The Balaban J connectivity index is 2.08. The summed E-state index contributed by atoms with van der Waals surface area (Å²) < 4.78 is 26.7. The third kappa shape index (κ3) is 3.28. The molecule has 0 aliphatic heterocycles. The van der Waals surface area contributed by atoms with Crippen molar-refractivity contribution < 1.29 is 8.42 Å². The van der Waals surface area contributed by atoms with E-state index < -0.39 is 10.0 Å². The Morgan fingerprint density at radius 1 is 1.42 bits per heavy atom. The van der Waals surface area contributed by atoms with Crippen molar-refractivity contribution in [2.75, 3.05) is 6.54 Å². The Morgan fingerprint density at radius 3 is 2.89 bits per heavy atom. The lowest BCUT2D eigenvalue weighted by molar-refractivity contribution is 0.580. The molecule has 0 atom stereocenters. The molecule has 1 heterocycles. The van der Waals surface area contributed by atoms with Crippen molar-refractivity contribution in [1.82, 2.24) is 25.3 Å². The normalized spacial score (nSPS) is 11.7. The Hall–Kier alpha value is -1.51. The third-order valence-electron chi connectivity index (χ3n) is 2.54. The zero-order chi connectivity index (χ0) is 13.9. The fourth-order valence-corrected chi connectivity index (χ4v) is 3.07. The predicted octanol–water partition coefficient (Wildman–Crippen LogP) is 0.683. The molecular weight excluding hydrogens is 290 g/mol. The van der Waals surface area contributed by atoms with E-state index in [0.717, 1.165) is 0 Å². The van der Waals surface area contributed by atoms with E-state index in [1.54, 1.807) is 19.1 Å². The third-order valence-corrected chi connectivity index (χ3v) is 4.55. The van der Waals surface area contributed by atoms with E-state index in [9.17, 15) is 8.42 Å². The number of nitrogens with one attached hydrogen (secondary N) is 2. The van der Waals surface area contributed by atoms with Gasteiger partial charge in [-0.2, -0.15) is 5.21 Å². The van der Waals surface area contributed by atoms with Crippen LogP contribution in [0.4, 0.5) is 0 Å². The molecule has 1 aromatic carbocycles. The summed E-state index contributed by atoms with van der Waals surface area (Å²) in [6.07, 6.45) is 0.356. The fourth-order valence-electron chi connectivity index (χ4n) is 1.54. The van der Waals surface area contributed by atoms with Crippen LogP contribution < -0.4 is 4.72 Å². The van der Waals surface area contributed by atoms with Crippen molar-refractivity contribution in [1.29, 1.82) is 0 Å². The summed E-state index contributed by atoms with van der Waals surface area (Å²) in [6.45, 7) is 1.85. The smallest absolute Gasteiger partial charge is 0.211 e. The molecule has 0 unspecified atom stereocenters. The van der Waals surface area contributed by atoms with Gasteiger partial charge >= 0.3 is 0 Å². The number of tetrazole rings is 1. The Bertz CT molecular complexity index is 657. The molecule has 0 aliphatic carbocycles. The molecule has 19 heavy (non-hydrogen) atoms. The van der Waals surface area contributed by atoms with Crippen LogP contribution in [0.25, 0.3) is 0 Å². The van der Waals surface area contributed by atoms with Crippen molar-refractivity contribution in [3.05, 3.63) is 34.6 Å². The molecule has 2 aromatic rings. The summed E-state index contributed by atoms with van der Waals surface area (Å²) in [5.74, 6) is 0.450. The summed E-state index contributed by atoms with van der Waals surface area (Å²) >= 11 is 5.91. The number of aromatic amines is 1. The molecule has 0 bridgehead atoms. The van der Waals surface area contributed by atoms with Crippen LogP contribution in [0, 0.1) is 6.92 Å². The molecule has 0 fully saturated rings. The quantitative estimate of drug-likeness (QED) is 0.846. The van der Waals surface area contributed by atoms with Gasteiger partial charge < -0.3 is 0 Å². The van der Waals surface area contributed by atoms with Gasteiger partial charge in [0.05, 0.1) is 4.90 Å². The molecule has 0 spiro atoms. The number of hydrogen-bond acceptors (Lipinski definition) is 5. The summed E-state index contributed by atoms with van der Waals surface area (Å²) in [4.78, 5) is 0.174. The fraction of sp³-hybridized carbons (Fsp3) is 0.300. The second kappa shape index (κ2) is 5.64. The van der Waals surface area contributed by atoms with E-state index in [4.69, 9.17) is 11.6 Å². The van der Waals surface area contributed by atoms with Crippen LogP contribution in [-0.2, 0) is 16.4 Å². The lowest BCUT2D eigenvalue weighted by atomic mass is 10.2. The molecule has 2 rings (SSSR count). The molecule has 0 amide bonds. The number of benzene rings is 1. The van der Waals surface area contributed by atoms with Crippen LogP contribution in [0.3, 0.4) is 0 Å². The topological polar surface area (TPSA) is 101 Å². The molecular formula is C10H12ClN5O2S. The van der Waals surface area contributed by atoms with Gasteiger partial charge in [-0.15, -0.1) is 10.2 Å². The molecule has 2 N–H and O–H groups in total. The van der Waals surface area contributed by atoms with E-state index in [-0.39, 0.29) is 11.4 Å². The minimum absolute atomic E-state index is 0.174. The van der Waals surface area contributed by atoms with Gasteiger partial charge in [0.15, 0.2) is 5.82 Å². The van der Waals surface area contributed by atoms with Crippen LogP contribution in [0.5, 0.6) is 0 Å². The number of halogens is 1. The first-order chi connectivity index (χ1) is 9.00. The number of aromatic nitrogens is 4. The van der Waals surface area contributed by atoms with Crippen molar-refractivity contribution in [2.24, 2.45) is 0 Å². The highest BCUT2D eigenvalue weighted by atomic mass is 35.5. The van der Waals surface area contributed by atoms with Gasteiger partial charge in [0.1, 0.15) is 0 Å². The van der Waals surface area contributed by atoms with E-state index in [2.05, 4.69) is 25.3 Å². The Kier molecular flexibility index (Phi) is 4.13. The second-order valence-corrected chi connectivity index (χ2v) is 5.98. The predicted molar refractivity (Wildman–Crippen MR) is 69.3 cm³/mol. The summed E-state index contributed by atoms with van der Waals surface area (Å²) in [5, 5.41) is 13.6. The number of hydrogen-bond donors (Lipinski definition) is 2.